The molecule has 0 spiro atoms. The van der Waals surface area contributed by atoms with Crippen molar-refractivity contribution in [3.8, 4) is 0 Å². The molecule has 2 aliphatic rings. The van der Waals surface area contributed by atoms with E-state index in [0.29, 0.717) is 17.8 Å². The average Bonchev–Trinajstić information content (AvgIpc) is 3.14. The zero-order chi connectivity index (χ0) is 12.5. The number of hydrogen-bond donors (Lipinski definition) is 1. The molecule has 96 valence electrons. The Morgan fingerprint density at radius 2 is 1.78 bits per heavy atom. The van der Waals surface area contributed by atoms with Crippen LogP contribution in [0.4, 0.5) is 5.69 Å². The van der Waals surface area contributed by atoms with E-state index in [9.17, 15) is 4.79 Å². The number of amides is 1. The first kappa shape index (κ1) is 12.2. The second kappa shape index (κ2) is 5.04. The summed E-state index contributed by atoms with van der Waals surface area (Å²) in [6.45, 7) is 0. The number of rotatable bonds is 3. The van der Waals surface area contributed by atoms with E-state index >= 15 is 0 Å². The Balaban J connectivity index is 1.60. The molecule has 1 N–H and O–H groups in total. The van der Waals surface area contributed by atoms with Crippen molar-refractivity contribution in [1.82, 2.24) is 0 Å². The summed E-state index contributed by atoms with van der Waals surface area (Å²) >= 11 is 3.42. The first-order valence-corrected chi connectivity index (χ1v) is 7.87. The summed E-state index contributed by atoms with van der Waals surface area (Å²) in [6, 6.07) is 8.07. The third-order valence-electron chi connectivity index (χ3n) is 4.34. The van der Waals surface area contributed by atoms with E-state index in [2.05, 4.69) is 21.2 Å². The van der Waals surface area contributed by atoms with Crippen molar-refractivity contribution in [2.24, 2.45) is 17.8 Å². The van der Waals surface area contributed by atoms with Crippen LogP contribution in [-0.4, -0.2) is 5.91 Å². The summed E-state index contributed by atoms with van der Waals surface area (Å²) in [6.07, 6.45) is 5.13. The van der Waals surface area contributed by atoms with E-state index < -0.39 is 0 Å². The third kappa shape index (κ3) is 2.33. The fourth-order valence-corrected chi connectivity index (χ4v) is 3.66. The van der Waals surface area contributed by atoms with Crippen LogP contribution in [0.25, 0.3) is 0 Å². The molecule has 0 heterocycles. The van der Waals surface area contributed by atoms with Gasteiger partial charge in [-0.2, -0.15) is 0 Å². The van der Waals surface area contributed by atoms with Gasteiger partial charge < -0.3 is 5.32 Å². The lowest BCUT2D eigenvalue weighted by Crippen LogP contribution is -2.15. The first-order valence-electron chi connectivity index (χ1n) is 6.75. The molecule has 3 rings (SSSR count). The molecule has 2 unspecified atom stereocenters. The van der Waals surface area contributed by atoms with Crippen molar-refractivity contribution in [2.45, 2.75) is 31.0 Å². The molecule has 2 saturated carbocycles. The maximum Gasteiger partial charge on any atom is 0.228 e. The minimum absolute atomic E-state index is 0.235. The summed E-state index contributed by atoms with van der Waals surface area (Å²) in [5.41, 5.74) is 2.15. The molecule has 3 heteroatoms. The van der Waals surface area contributed by atoms with Gasteiger partial charge in [-0.1, -0.05) is 40.9 Å². The van der Waals surface area contributed by atoms with Gasteiger partial charge in [-0.15, -0.1) is 0 Å². The molecule has 0 aliphatic heterocycles. The van der Waals surface area contributed by atoms with Crippen LogP contribution in [0, 0.1) is 17.8 Å². The quantitative estimate of drug-likeness (QED) is 0.842. The summed E-state index contributed by atoms with van der Waals surface area (Å²) in [5, 5.41) is 3.91. The molecule has 0 bridgehead atoms. The fraction of sp³-hybridized carbons (Fsp3) is 0.533. The van der Waals surface area contributed by atoms with Crippen LogP contribution in [0.5, 0.6) is 0 Å². The Kier molecular flexibility index (Phi) is 3.42. The highest BCUT2D eigenvalue weighted by Crippen LogP contribution is 2.55. The predicted molar refractivity (Wildman–Crippen MR) is 76.6 cm³/mol. The van der Waals surface area contributed by atoms with E-state index in [4.69, 9.17) is 0 Å². The topological polar surface area (TPSA) is 29.1 Å². The third-order valence-corrected chi connectivity index (χ3v) is 4.98. The number of benzene rings is 1. The summed E-state index contributed by atoms with van der Waals surface area (Å²) in [7, 11) is 0. The van der Waals surface area contributed by atoms with Crippen molar-refractivity contribution in [3.63, 3.8) is 0 Å². The van der Waals surface area contributed by atoms with E-state index in [1.165, 1.54) is 31.2 Å². The van der Waals surface area contributed by atoms with Crippen molar-refractivity contribution < 1.29 is 4.79 Å². The fourth-order valence-electron chi connectivity index (χ4n) is 3.28. The lowest BCUT2D eigenvalue weighted by atomic mass is 10.0. The Morgan fingerprint density at radius 3 is 2.33 bits per heavy atom. The molecule has 2 nitrogen and oxygen atoms in total. The maximum atomic E-state index is 12.2. The number of nitrogens with one attached hydrogen (secondary N) is 1. The predicted octanol–water partition coefficient (Wildman–Crippen LogP) is 3.96. The molecule has 0 saturated heterocycles. The zero-order valence-electron chi connectivity index (χ0n) is 10.4. The van der Waals surface area contributed by atoms with Gasteiger partial charge >= 0.3 is 0 Å². The largest absolute Gasteiger partial charge is 0.326 e. The molecule has 1 aromatic rings. The number of anilines is 1. The van der Waals surface area contributed by atoms with Crippen LogP contribution in [0.3, 0.4) is 0 Å². The summed E-state index contributed by atoms with van der Waals surface area (Å²) in [4.78, 5) is 12.2. The molecular weight excluding hydrogens is 290 g/mol. The van der Waals surface area contributed by atoms with Crippen LogP contribution < -0.4 is 5.32 Å². The Labute approximate surface area is 116 Å². The van der Waals surface area contributed by atoms with E-state index in [1.807, 2.05) is 24.3 Å². The zero-order valence-corrected chi connectivity index (χ0v) is 11.9. The van der Waals surface area contributed by atoms with E-state index in [0.717, 1.165) is 11.0 Å². The van der Waals surface area contributed by atoms with E-state index in [-0.39, 0.29) is 5.91 Å². The van der Waals surface area contributed by atoms with Crippen molar-refractivity contribution in [1.29, 1.82) is 0 Å². The summed E-state index contributed by atoms with van der Waals surface area (Å²) < 4.78 is 0. The van der Waals surface area contributed by atoms with Gasteiger partial charge in [-0.3, -0.25) is 4.79 Å². The van der Waals surface area contributed by atoms with Crippen molar-refractivity contribution in [2.75, 3.05) is 5.32 Å². The number of hydrogen-bond acceptors (Lipinski definition) is 1. The van der Waals surface area contributed by atoms with Gasteiger partial charge in [-0.25, -0.2) is 0 Å². The van der Waals surface area contributed by atoms with Crippen molar-refractivity contribution in [3.05, 3.63) is 29.8 Å². The van der Waals surface area contributed by atoms with Crippen LogP contribution in [-0.2, 0) is 10.1 Å². The first-order chi connectivity index (χ1) is 8.79. The molecule has 1 aromatic carbocycles. The molecule has 2 atom stereocenters. The molecule has 0 aromatic heterocycles. The molecule has 18 heavy (non-hydrogen) atoms. The van der Waals surface area contributed by atoms with E-state index in [1.54, 1.807) is 0 Å². The van der Waals surface area contributed by atoms with Gasteiger partial charge in [0, 0.05) is 16.9 Å². The smallest absolute Gasteiger partial charge is 0.228 e. The highest BCUT2D eigenvalue weighted by atomic mass is 79.9. The number of carbonyl (C=O) groups is 1. The minimum Gasteiger partial charge on any atom is -0.326 e. The standard InChI is InChI=1S/C15H18BrNO/c16-9-10-5-7-11(8-6-10)17-15(18)14-12-3-1-2-4-13(12)14/h5-8,12-14H,1-4,9H2,(H,17,18). The molecule has 1 amide bonds. The lowest BCUT2D eigenvalue weighted by Gasteiger charge is -2.05. The Morgan fingerprint density at radius 1 is 1.17 bits per heavy atom. The normalized spacial score (nSPS) is 29.5. The van der Waals surface area contributed by atoms with Gasteiger partial charge in [0.1, 0.15) is 0 Å². The monoisotopic (exact) mass is 307 g/mol. The lowest BCUT2D eigenvalue weighted by molar-refractivity contribution is -0.117. The second-order valence-electron chi connectivity index (χ2n) is 5.46. The average molecular weight is 308 g/mol. The molecular formula is C15H18BrNO. The van der Waals surface area contributed by atoms with Crippen molar-refractivity contribution >= 4 is 27.5 Å². The Hall–Kier alpha value is -0.830. The molecule has 2 aliphatic carbocycles. The maximum absolute atomic E-state index is 12.2. The SMILES string of the molecule is O=C(Nc1ccc(CBr)cc1)C1C2CCCCC21. The molecule has 2 fully saturated rings. The number of alkyl halides is 1. The van der Waals surface area contributed by atoms with Gasteiger partial charge in [0.05, 0.1) is 0 Å². The molecule has 0 radical (unpaired) electrons. The number of halogens is 1. The van der Waals surface area contributed by atoms with Crippen LogP contribution in [0.2, 0.25) is 0 Å². The highest BCUT2D eigenvalue weighted by Gasteiger charge is 2.54. The minimum atomic E-state index is 0.235. The van der Waals surface area contributed by atoms with Crippen LogP contribution >= 0.6 is 15.9 Å². The van der Waals surface area contributed by atoms with Gasteiger partial charge in [0.2, 0.25) is 5.91 Å². The number of fused-ring (bicyclic) bond motifs is 1. The van der Waals surface area contributed by atoms with Crippen LogP contribution in [0.1, 0.15) is 31.2 Å². The van der Waals surface area contributed by atoms with Gasteiger partial charge in [0.25, 0.3) is 0 Å². The Bertz CT molecular complexity index is 430. The van der Waals surface area contributed by atoms with Gasteiger partial charge in [-0.05, 0) is 42.4 Å². The summed E-state index contributed by atoms with van der Waals surface area (Å²) in [5.74, 6) is 1.89. The number of carbonyl (C=O) groups excluding carboxylic acids is 1. The highest BCUT2D eigenvalue weighted by molar-refractivity contribution is 9.08. The van der Waals surface area contributed by atoms with Gasteiger partial charge in [0.15, 0.2) is 0 Å². The second-order valence-corrected chi connectivity index (χ2v) is 6.02. The van der Waals surface area contributed by atoms with Crippen LogP contribution in [0.15, 0.2) is 24.3 Å².